The Balaban J connectivity index is 1.73. The number of hydrazone groups is 1. The molecule has 2 unspecified atom stereocenters. The van der Waals surface area contributed by atoms with E-state index >= 15 is 0 Å². The van der Waals surface area contributed by atoms with Gasteiger partial charge in [-0.05, 0) is 38.0 Å². The van der Waals surface area contributed by atoms with Gasteiger partial charge in [0.1, 0.15) is 17.6 Å². The molecule has 2 atom stereocenters. The Kier molecular flexibility index (Phi) is 7.01. The normalized spacial score (nSPS) is 23.6. The number of ether oxygens (including phenoxy) is 1. The molecule has 0 aliphatic carbocycles. The van der Waals surface area contributed by atoms with Crippen molar-refractivity contribution in [3.05, 3.63) is 23.8 Å². The van der Waals surface area contributed by atoms with E-state index in [1.807, 2.05) is 6.92 Å². The second kappa shape index (κ2) is 9.78. The number of unbranched alkanes of at least 4 members (excludes halogenated alkanes) is 1. The SMILES string of the molecule is CCCCC1=NN(C)C2C(=O)NC(c3cc(S(=O)(=O)N4CCNCC4)ccc3OCC)=NC12. The van der Waals surface area contributed by atoms with E-state index in [9.17, 15) is 13.2 Å². The summed E-state index contributed by atoms with van der Waals surface area (Å²) in [6.07, 6.45) is 2.75. The van der Waals surface area contributed by atoms with Crippen LogP contribution >= 0.6 is 0 Å². The van der Waals surface area contributed by atoms with E-state index in [1.54, 1.807) is 30.3 Å². The number of amides is 1. The summed E-state index contributed by atoms with van der Waals surface area (Å²) in [4.78, 5) is 18.0. The van der Waals surface area contributed by atoms with Crippen molar-refractivity contribution in [2.24, 2.45) is 10.1 Å². The lowest BCUT2D eigenvalue weighted by atomic mass is 9.97. The monoisotopic (exact) mass is 476 g/mol. The first-order valence-electron chi connectivity index (χ1n) is 11.5. The molecule has 1 aromatic carbocycles. The van der Waals surface area contributed by atoms with Gasteiger partial charge < -0.3 is 15.4 Å². The van der Waals surface area contributed by atoms with Gasteiger partial charge in [0.15, 0.2) is 6.04 Å². The Bertz CT molecular complexity index is 1060. The number of fused-ring (bicyclic) bond motifs is 1. The number of benzene rings is 1. The van der Waals surface area contributed by atoms with Crippen molar-refractivity contribution in [3.63, 3.8) is 0 Å². The third-order valence-electron chi connectivity index (χ3n) is 6.11. The maximum absolute atomic E-state index is 13.3. The molecule has 1 fully saturated rings. The molecule has 180 valence electrons. The van der Waals surface area contributed by atoms with Gasteiger partial charge in [-0.2, -0.15) is 9.41 Å². The second-order valence-electron chi connectivity index (χ2n) is 8.37. The maximum atomic E-state index is 13.3. The summed E-state index contributed by atoms with van der Waals surface area (Å²) in [5.74, 6) is 0.592. The third kappa shape index (κ3) is 4.62. The lowest BCUT2D eigenvalue weighted by molar-refractivity contribution is -0.124. The number of nitrogens with one attached hydrogen (secondary N) is 2. The first kappa shape index (κ1) is 23.7. The van der Waals surface area contributed by atoms with Gasteiger partial charge in [-0.3, -0.25) is 14.8 Å². The van der Waals surface area contributed by atoms with Gasteiger partial charge >= 0.3 is 0 Å². The van der Waals surface area contributed by atoms with E-state index in [2.05, 4.69) is 22.7 Å². The molecule has 0 aromatic heterocycles. The van der Waals surface area contributed by atoms with Crippen molar-refractivity contribution in [1.82, 2.24) is 19.9 Å². The van der Waals surface area contributed by atoms with Crippen LogP contribution in [-0.4, -0.2) is 87.1 Å². The zero-order valence-electron chi connectivity index (χ0n) is 19.4. The molecule has 2 N–H and O–H groups in total. The molecule has 1 saturated heterocycles. The van der Waals surface area contributed by atoms with Gasteiger partial charge in [-0.1, -0.05) is 13.3 Å². The van der Waals surface area contributed by atoms with Crippen LogP contribution in [0.3, 0.4) is 0 Å². The topological polar surface area (TPSA) is 116 Å². The number of amidine groups is 1. The average molecular weight is 477 g/mol. The van der Waals surface area contributed by atoms with Crippen molar-refractivity contribution in [2.75, 3.05) is 39.8 Å². The number of sulfonamides is 1. The number of hydrogen-bond donors (Lipinski definition) is 2. The Morgan fingerprint density at radius 2 is 1.97 bits per heavy atom. The zero-order chi connectivity index (χ0) is 23.6. The van der Waals surface area contributed by atoms with Gasteiger partial charge in [-0.15, -0.1) is 0 Å². The Hall–Kier alpha value is -2.50. The predicted molar refractivity (Wildman–Crippen MR) is 126 cm³/mol. The van der Waals surface area contributed by atoms with Crippen molar-refractivity contribution >= 4 is 27.5 Å². The highest BCUT2D eigenvalue weighted by molar-refractivity contribution is 7.89. The predicted octanol–water partition coefficient (Wildman–Crippen LogP) is 0.784. The molecule has 0 bridgehead atoms. The van der Waals surface area contributed by atoms with Crippen LogP contribution in [0.2, 0.25) is 0 Å². The van der Waals surface area contributed by atoms with Crippen molar-refractivity contribution in [1.29, 1.82) is 0 Å². The van der Waals surface area contributed by atoms with Crippen LogP contribution in [0, 0.1) is 0 Å². The highest BCUT2D eigenvalue weighted by Crippen LogP contribution is 2.29. The molecule has 3 heterocycles. The first-order chi connectivity index (χ1) is 15.9. The minimum atomic E-state index is -3.68. The van der Waals surface area contributed by atoms with Crippen LogP contribution in [0.15, 0.2) is 33.2 Å². The number of aliphatic imine (C=N–C) groups is 1. The number of hydrogen-bond acceptors (Lipinski definition) is 8. The van der Waals surface area contributed by atoms with Crippen molar-refractivity contribution in [2.45, 2.75) is 50.1 Å². The summed E-state index contributed by atoms with van der Waals surface area (Å²) in [6, 6.07) is 3.86. The van der Waals surface area contributed by atoms with E-state index in [-0.39, 0.29) is 10.8 Å². The van der Waals surface area contributed by atoms with Gasteiger partial charge in [0.2, 0.25) is 10.0 Å². The fourth-order valence-electron chi connectivity index (χ4n) is 4.39. The molecular weight excluding hydrogens is 444 g/mol. The molecule has 1 amide bonds. The Morgan fingerprint density at radius 1 is 1.21 bits per heavy atom. The molecule has 0 saturated carbocycles. The molecule has 1 aromatic rings. The largest absolute Gasteiger partial charge is 0.493 e. The Labute approximate surface area is 195 Å². The van der Waals surface area contributed by atoms with E-state index in [0.717, 1.165) is 25.0 Å². The fourth-order valence-corrected chi connectivity index (χ4v) is 5.86. The summed E-state index contributed by atoms with van der Waals surface area (Å²) < 4.78 is 33.8. The molecular formula is C22H32N6O4S. The molecule has 0 spiro atoms. The summed E-state index contributed by atoms with van der Waals surface area (Å²) in [6.45, 7) is 6.41. The number of nitrogens with zero attached hydrogens (tertiary/aromatic N) is 4. The molecule has 4 rings (SSSR count). The number of carbonyl (C=O) groups is 1. The fraction of sp³-hybridized carbons (Fsp3) is 0.591. The third-order valence-corrected chi connectivity index (χ3v) is 8.01. The molecule has 11 heteroatoms. The highest BCUT2D eigenvalue weighted by atomic mass is 32.2. The number of carbonyl (C=O) groups excluding carboxylic acids is 1. The van der Waals surface area contributed by atoms with Gasteiger partial charge in [0.25, 0.3) is 5.91 Å². The van der Waals surface area contributed by atoms with Crippen LogP contribution in [0.5, 0.6) is 5.75 Å². The maximum Gasteiger partial charge on any atom is 0.252 e. The zero-order valence-corrected chi connectivity index (χ0v) is 20.2. The summed E-state index contributed by atoms with van der Waals surface area (Å²) in [7, 11) is -1.90. The molecule has 3 aliphatic heterocycles. The van der Waals surface area contributed by atoms with E-state index in [4.69, 9.17) is 9.73 Å². The minimum absolute atomic E-state index is 0.158. The van der Waals surface area contributed by atoms with Gasteiger partial charge in [0, 0.05) is 33.2 Å². The molecule has 33 heavy (non-hydrogen) atoms. The smallest absolute Gasteiger partial charge is 0.252 e. The molecule has 3 aliphatic rings. The van der Waals surface area contributed by atoms with Gasteiger partial charge in [0.05, 0.1) is 22.8 Å². The van der Waals surface area contributed by atoms with Crippen LogP contribution < -0.4 is 15.4 Å². The van der Waals surface area contributed by atoms with Crippen LogP contribution in [-0.2, 0) is 14.8 Å². The van der Waals surface area contributed by atoms with Crippen LogP contribution in [0.4, 0.5) is 0 Å². The lowest BCUT2D eigenvalue weighted by Crippen LogP contribution is -2.54. The standard InChI is InChI=1S/C22H32N6O4S/c1-4-6-7-17-19-20(27(3)26-17)22(29)25-21(24-19)16-14-15(8-9-18(16)32-5-2)33(30,31)28-12-10-23-11-13-28/h8-9,14,19-20,23H,4-7,10-13H2,1-3H3,(H,24,25,29). The molecule has 10 nitrogen and oxygen atoms in total. The van der Waals surface area contributed by atoms with E-state index in [0.29, 0.717) is 49.9 Å². The summed E-state index contributed by atoms with van der Waals surface area (Å²) >= 11 is 0. The summed E-state index contributed by atoms with van der Waals surface area (Å²) in [5.41, 5.74) is 1.34. The number of rotatable bonds is 8. The number of piperazine rings is 1. The van der Waals surface area contributed by atoms with Crippen LogP contribution in [0.1, 0.15) is 38.7 Å². The minimum Gasteiger partial charge on any atom is -0.493 e. The van der Waals surface area contributed by atoms with Gasteiger partial charge in [-0.25, -0.2) is 8.42 Å². The number of likely N-dealkylation sites (N-methyl/N-ethyl adjacent to an activating group) is 1. The summed E-state index contributed by atoms with van der Waals surface area (Å²) in [5, 5.41) is 12.3. The van der Waals surface area contributed by atoms with E-state index < -0.39 is 22.1 Å². The Morgan fingerprint density at radius 3 is 2.67 bits per heavy atom. The second-order valence-corrected chi connectivity index (χ2v) is 10.3. The van der Waals surface area contributed by atoms with E-state index in [1.165, 1.54) is 4.31 Å². The highest BCUT2D eigenvalue weighted by Gasteiger charge is 2.44. The van der Waals surface area contributed by atoms with Crippen molar-refractivity contribution in [3.8, 4) is 5.75 Å². The first-order valence-corrected chi connectivity index (χ1v) is 13.0. The lowest BCUT2D eigenvalue weighted by Gasteiger charge is -2.29. The van der Waals surface area contributed by atoms with Crippen molar-refractivity contribution < 1.29 is 17.9 Å². The average Bonchev–Trinajstić information content (AvgIpc) is 3.14. The van der Waals surface area contributed by atoms with Crippen LogP contribution in [0.25, 0.3) is 0 Å². The molecule has 0 radical (unpaired) electrons. The quantitative estimate of drug-likeness (QED) is 0.573.